The van der Waals surface area contributed by atoms with Gasteiger partial charge in [-0.2, -0.15) is 5.26 Å². The van der Waals surface area contributed by atoms with Gasteiger partial charge in [-0.15, -0.1) is 0 Å². The molecule has 1 aromatic heterocycles. The monoisotopic (exact) mass is 257 g/mol. The Labute approximate surface area is 112 Å². The van der Waals surface area contributed by atoms with E-state index in [9.17, 15) is 0 Å². The third-order valence-corrected chi connectivity index (χ3v) is 2.83. The average molecular weight is 257 g/mol. The van der Waals surface area contributed by atoms with E-state index >= 15 is 0 Å². The van der Waals surface area contributed by atoms with Gasteiger partial charge in [-0.3, -0.25) is 0 Å². The Kier molecular flexibility index (Phi) is 3.71. The van der Waals surface area contributed by atoms with Crippen LogP contribution in [-0.4, -0.2) is 23.8 Å². The summed E-state index contributed by atoms with van der Waals surface area (Å²) in [6, 6.07) is 7.64. The Morgan fingerprint density at radius 3 is 2.74 bits per heavy atom. The predicted molar refractivity (Wildman–Crippen MR) is 71.1 cm³/mol. The summed E-state index contributed by atoms with van der Waals surface area (Å²) in [6.45, 7) is 0. The van der Waals surface area contributed by atoms with E-state index in [1.54, 1.807) is 14.2 Å². The molecule has 0 saturated carbocycles. The predicted octanol–water partition coefficient (Wildman–Crippen LogP) is 2.17. The lowest BCUT2D eigenvalue weighted by Gasteiger charge is -2.10. The van der Waals surface area contributed by atoms with Crippen LogP contribution in [-0.2, 0) is 13.5 Å². The standard InChI is InChI=1S/C14H15N3O2/c1-17-9-10(6-7-15)16-14(17)12-8-11(18-2)4-5-13(12)19-3/h4-5,8-9H,6H2,1-3H3. The van der Waals surface area contributed by atoms with E-state index in [1.807, 2.05) is 36.0 Å². The minimum Gasteiger partial charge on any atom is -0.497 e. The molecule has 0 bridgehead atoms. The highest BCUT2D eigenvalue weighted by molar-refractivity contribution is 5.67. The Hall–Kier alpha value is -2.48. The van der Waals surface area contributed by atoms with Crippen LogP contribution in [0.25, 0.3) is 11.4 Å². The number of benzene rings is 1. The van der Waals surface area contributed by atoms with Crippen molar-refractivity contribution in [3.05, 3.63) is 30.1 Å². The SMILES string of the molecule is COc1ccc(OC)c(-c2nc(CC#N)cn2C)c1. The molecule has 0 saturated heterocycles. The van der Waals surface area contributed by atoms with Crippen molar-refractivity contribution >= 4 is 0 Å². The van der Waals surface area contributed by atoms with Crippen LogP contribution in [0.5, 0.6) is 11.5 Å². The number of ether oxygens (including phenoxy) is 2. The Morgan fingerprint density at radius 1 is 1.32 bits per heavy atom. The van der Waals surface area contributed by atoms with E-state index in [0.29, 0.717) is 6.42 Å². The highest BCUT2D eigenvalue weighted by atomic mass is 16.5. The van der Waals surface area contributed by atoms with E-state index in [-0.39, 0.29) is 0 Å². The molecule has 0 fully saturated rings. The number of rotatable bonds is 4. The number of imidazole rings is 1. The molecule has 0 atom stereocenters. The molecule has 5 heteroatoms. The first kappa shape index (κ1) is 13.0. The van der Waals surface area contributed by atoms with Crippen molar-refractivity contribution in [1.82, 2.24) is 9.55 Å². The van der Waals surface area contributed by atoms with E-state index in [0.717, 1.165) is 28.6 Å². The summed E-state index contributed by atoms with van der Waals surface area (Å²) in [6.07, 6.45) is 2.14. The first-order chi connectivity index (χ1) is 9.19. The normalized spacial score (nSPS) is 10.0. The van der Waals surface area contributed by atoms with Crippen molar-refractivity contribution in [2.75, 3.05) is 14.2 Å². The summed E-state index contributed by atoms with van der Waals surface area (Å²) in [5.74, 6) is 2.21. The highest BCUT2D eigenvalue weighted by Gasteiger charge is 2.13. The number of aryl methyl sites for hydroxylation is 1. The first-order valence-electron chi connectivity index (χ1n) is 5.81. The summed E-state index contributed by atoms with van der Waals surface area (Å²) >= 11 is 0. The van der Waals surface area contributed by atoms with E-state index in [4.69, 9.17) is 14.7 Å². The molecule has 1 heterocycles. The van der Waals surface area contributed by atoms with Gasteiger partial charge in [0.1, 0.15) is 17.3 Å². The van der Waals surface area contributed by atoms with Gasteiger partial charge in [-0.25, -0.2) is 4.98 Å². The van der Waals surface area contributed by atoms with E-state index in [1.165, 1.54) is 0 Å². The lowest BCUT2D eigenvalue weighted by molar-refractivity contribution is 0.404. The molecule has 1 aromatic carbocycles. The van der Waals surface area contributed by atoms with Gasteiger partial charge >= 0.3 is 0 Å². The summed E-state index contributed by atoms with van der Waals surface area (Å²) < 4.78 is 12.5. The fourth-order valence-electron chi connectivity index (χ4n) is 1.93. The summed E-state index contributed by atoms with van der Waals surface area (Å²) in [5.41, 5.74) is 1.58. The van der Waals surface area contributed by atoms with Crippen molar-refractivity contribution < 1.29 is 9.47 Å². The maximum atomic E-state index is 8.73. The van der Waals surface area contributed by atoms with Crippen LogP contribution in [0.4, 0.5) is 0 Å². The van der Waals surface area contributed by atoms with Crippen LogP contribution in [0.3, 0.4) is 0 Å². The minimum absolute atomic E-state index is 0.292. The lowest BCUT2D eigenvalue weighted by Crippen LogP contribution is -1.95. The van der Waals surface area contributed by atoms with Crippen LogP contribution in [0, 0.1) is 11.3 Å². The van der Waals surface area contributed by atoms with Crippen molar-refractivity contribution in [2.24, 2.45) is 7.05 Å². The molecule has 0 unspecified atom stereocenters. The molecule has 2 rings (SSSR count). The van der Waals surface area contributed by atoms with Crippen molar-refractivity contribution in [3.8, 4) is 29.0 Å². The molecule has 0 N–H and O–H groups in total. The third-order valence-electron chi connectivity index (χ3n) is 2.83. The number of aromatic nitrogens is 2. The number of methoxy groups -OCH3 is 2. The molecule has 0 aliphatic heterocycles. The molecule has 0 aliphatic carbocycles. The maximum absolute atomic E-state index is 8.73. The third kappa shape index (κ3) is 2.52. The quantitative estimate of drug-likeness (QED) is 0.842. The van der Waals surface area contributed by atoms with Gasteiger partial charge in [0.2, 0.25) is 0 Å². The zero-order valence-corrected chi connectivity index (χ0v) is 11.2. The molecular weight excluding hydrogens is 242 g/mol. The second-order valence-corrected chi connectivity index (χ2v) is 4.07. The summed E-state index contributed by atoms with van der Waals surface area (Å²) in [7, 11) is 5.12. The van der Waals surface area contributed by atoms with Gasteiger partial charge in [0.15, 0.2) is 0 Å². The average Bonchev–Trinajstić information content (AvgIpc) is 2.79. The topological polar surface area (TPSA) is 60.1 Å². The van der Waals surface area contributed by atoms with Crippen LogP contribution >= 0.6 is 0 Å². The van der Waals surface area contributed by atoms with E-state index in [2.05, 4.69) is 11.1 Å². The number of nitriles is 1. The molecule has 19 heavy (non-hydrogen) atoms. The Bertz CT molecular complexity index is 626. The number of nitrogens with zero attached hydrogens (tertiary/aromatic N) is 3. The van der Waals surface area contributed by atoms with Gasteiger partial charge in [0.25, 0.3) is 0 Å². The van der Waals surface area contributed by atoms with Crippen LogP contribution in [0.15, 0.2) is 24.4 Å². The fraction of sp³-hybridized carbons (Fsp3) is 0.286. The van der Waals surface area contributed by atoms with Gasteiger partial charge in [-0.05, 0) is 18.2 Å². The first-order valence-corrected chi connectivity index (χ1v) is 5.81. The zero-order valence-electron chi connectivity index (χ0n) is 11.2. The molecule has 5 nitrogen and oxygen atoms in total. The van der Waals surface area contributed by atoms with Gasteiger partial charge in [0, 0.05) is 13.2 Å². The lowest BCUT2D eigenvalue weighted by atomic mass is 10.1. The van der Waals surface area contributed by atoms with Gasteiger partial charge in [0.05, 0.1) is 38.0 Å². The van der Waals surface area contributed by atoms with Crippen LogP contribution in [0.1, 0.15) is 5.69 Å². The molecular formula is C14H15N3O2. The second kappa shape index (κ2) is 5.44. The number of hydrogen-bond donors (Lipinski definition) is 0. The highest BCUT2D eigenvalue weighted by Crippen LogP contribution is 2.32. The maximum Gasteiger partial charge on any atom is 0.143 e. The second-order valence-electron chi connectivity index (χ2n) is 4.07. The van der Waals surface area contributed by atoms with Gasteiger partial charge in [-0.1, -0.05) is 0 Å². The minimum atomic E-state index is 0.292. The van der Waals surface area contributed by atoms with Crippen molar-refractivity contribution in [2.45, 2.75) is 6.42 Å². The molecule has 0 amide bonds. The van der Waals surface area contributed by atoms with Crippen LogP contribution < -0.4 is 9.47 Å². The largest absolute Gasteiger partial charge is 0.497 e. The smallest absolute Gasteiger partial charge is 0.143 e. The molecule has 0 radical (unpaired) electrons. The van der Waals surface area contributed by atoms with Gasteiger partial charge < -0.3 is 14.0 Å². The molecule has 0 aliphatic rings. The molecule has 2 aromatic rings. The van der Waals surface area contributed by atoms with Crippen molar-refractivity contribution in [3.63, 3.8) is 0 Å². The molecule has 98 valence electrons. The fourth-order valence-corrected chi connectivity index (χ4v) is 1.93. The zero-order chi connectivity index (χ0) is 13.8. The number of hydrogen-bond acceptors (Lipinski definition) is 4. The summed E-state index contributed by atoms with van der Waals surface area (Å²) in [4.78, 5) is 4.46. The summed E-state index contributed by atoms with van der Waals surface area (Å²) in [5, 5.41) is 8.73. The molecule has 0 spiro atoms. The van der Waals surface area contributed by atoms with Crippen molar-refractivity contribution in [1.29, 1.82) is 5.26 Å². The van der Waals surface area contributed by atoms with Crippen LogP contribution in [0.2, 0.25) is 0 Å². The Balaban J connectivity index is 2.53. The van der Waals surface area contributed by atoms with E-state index < -0.39 is 0 Å². The Morgan fingerprint density at radius 2 is 2.11 bits per heavy atom.